The normalized spacial score (nSPS) is 14.5. The maximum atomic E-state index is 5.40. The number of nitrogens with zero attached hydrogens (tertiary/aromatic N) is 2. The summed E-state index contributed by atoms with van der Waals surface area (Å²) < 4.78 is 10.7. The molecule has 6 heteroatoms. The molecule has 1 aliphatic heterocycles. The van der Waals surface area contributed by atoms with E-state index in [0.29, 0.717) is 0 Å². The van der Waals surface area contributed by atoms with E-state index in [-0.39, 0.29) is 24.8 Å². The molecule has 2 aromatic carbocycles. The fraction of sp³-hybridized carbons (Fsp3) is 0.500. The first-order valence-electron chi connectivity index (χ1n) is 10.5. The molecule has 0 N–H and O–H groups in total. The quantitative estimate of drug-likeness (QED) is 0.517. The van der Waals surface area contributed by atoms with Crippen LogP contribution >= 0.6 is 24.8 Å². The minimum Gasteiger partial charge on any atom is -0.493 e. The number of hydrogen-bond donors (Lipinski definition) is 0. The van der Waals surface area contributed by atoms with Gasteiger partial charge in [0.05, 0.1) is 14.2 Å². The van der Waals surface area contributed by atoms with Crippen molar-refractivity contribution in [1.29, 1.82) is 0 Å². The summed E-state index contributed by atoms with van der Waals surface area (Å²) in [5.74, 6) is 1.62. The fourth-order valence-electron chi connectivity index (χ4n) is 3.93. The third-order valence-corrected chi connectivity index (χ3v) is 5.64. The average Bonchev–Trinajstić information content (AvgIpc) is 2.75. The topological polar surface area (TPSA) is 24.9 Å². The van der Waals surface area contributed by atoms with Gasteiger partial charge < -0.3 is 19.3 Å². The molecule has 168 valence electrons. The van der Waals surface area contributed by atoms with E-state index in [9.17, 15) is 0 Å². The van der Waals surface area contributed by atoms with E-state index in [2.05, 4.69) is 52.3 Å². The van der Waals surface area contributed by atoms with Crippen LogP contribution in [-0.4, -0.2) is 63.3 Å². The highest BCUT2D eigenvalue weighted by molar-refractivity contribution is 5.85. The first-order valence-corrected chi connectivity index (χ1v) is 10.5. The molecule has 0 saturated carbocycles. The highest BCUT2D eigenvalue weighted by atomic mass is 35.5. The average molecular weight is 455 g/mol. The van der Waals surface area contributed by atoms with Crippen molar-refractivity contribution >= 4 is 24.8 Å². The molecule has 1 saturated heterocycles. The summed E-state index contributed by atoms with van der Waals surface area (Å²) >= 11 is 0. The van der Waals surface area contributed by atoms with Crippen molar-refractivity contribution < 1.29 is 9.47 Å². The highest BCUT2D eigenvalue weighted by Crippen LogP contribution is 2.28. The Hall–Kier alpha value is -1.46. The van der Waals surface area contributed by atoms with Crippen LogP contribution in [0.5, 0.6) is 11.5 Å². The fourth-order valence-corrected chi connectivity index (χ4v) is 3.93. The molecule has 0 aliphatic carbocycles. The summed E-state index contributed by atoms with van der Waals surface area (Å²) in [6.07, 6.45) is 4.71. The van der Waals surface area contributed by atoms with Gasteiger partial charge in [-0.15, -0.1) is 24.8 Å². The maximum absolute atomic E-state index is 5.40. The van der Waals surface area contributed by atoms with Gasteiger partial charge in [-0.2, -0.15) is 0 Å². The van der Waals surface area contributed by atoms with Crippen molar-refractivity contribution in [3.05, 3.63) is 59.7 Å². The van der Waals surface area contributed by atoms with Gasteiger partial charge in [0.25, 0.3) is 0 Å². The van der Waals surface area contributed by atoms with E-state index in [1.807, 2.05) is 6.07 Å². The number of hydrogen-bond acceptors (Lipinski definition) is 4. The van der Waals surface area contributed by atoms with Crippen LogP contribution in [0.2, 0.25) is 0 Å². The van der Waals surface area contributed by atoms with Gasteiger partial charge in [0.15, 0.2) is 11.5 Å². The van der Waals surface area contributed by atoms with Crippen molar-refractivity contribution in [3.63, 3.8) is 0 Å². The Bertz CT molecular complexity index is 708. The molecule has 0 aromatic heterocycles. The molecule has 0 bridgehead atoms. The summed E-state index contributed by atoms with van der Waals surface area (Å²) in [5.41, 5.74) is 2.77. The van der Waals surface area contributed by atoms with Crippen LogP contribution in [0, 0.1) is 0 Å². The molecule has 0 atom stereocenters. The molecular weight excluding hydrogens is 419 g/mol. The summed E-state index contributed by atoms with van der Waals surface area (Å²) in [7, 11) is 3.37. The first-order chi connectivity index (χ1) is 13.8. The molecule has 0 amide bonds. The number of halogens is 2. The number of aryl methyl sites for hydroxylation is 2. The molecule has 1 heterocycles. The first kappa shape index (κ1) is 26.6. The molecule has 1 fully saturated rings. The minimum atomic E-state index is 0. The molecule has 0 spiro atoms. The lowest BCUT2D eigenvalue weighted by molar-refractivity contribution is 0.130. The lowest BCUT2D eigenvalue weighted by atomic mass is 10.1. The van der Waals surface area contributed by atoms with Crippen LogP contribution in [0.15, 0.2) is 48.5 Å². The number of benzene rings is 2. The van der Waals surface area contributed by atoms with Crippen LogP contribution in [0.3, 0.4) is 0 Å². The van der Waals surface area contributed by atoms with Gasteiger partial charge in [-0.25, -0.2) is 0 Å². The second-order valence-electron chi connectivity index (χ2n) is 7.57. The molecule has 1 aliphatic rings. The maximum Gasteiger partial charge on any atom is 0.160 e. The van der Waals surface area contributed by atoms with Crippen molar-refractivity contribution in [2.75, 3.05) is 53.5 Å². The largest absolute Gasteiger partial charge is 0.493 e. The molecule has 0 unspecified atom stereocenters. The summed E-state index contributed by atoms with van der Waals surface area (Å²) in [5, 5.41) is 0. The third kappa shape index (κ3) is 8.35. The second kappa shape index (κ2) is 14.5. The Kier molecular flexibility index (Phi) is 12.9. The summed E-state index contributed by atoms with van der Waals surface area (Å²) in [4.78, 5) is 5.22. The Morgan fingerprint density at radius 1 is 0.667 bits per heavy atom. The standard InChI is InChI=1S/C24H34N2O2.2ClH/c1-27-23-13-12-22(20-24(23)28-2)11-7-15-26-18-16-25(17-19-26)14-6-10-21-8-4-3-5-9-21;;/h3-5,8-9,12-13,20H,6-7,10-11,14-19H2,1-2H3;2*1H. The molecule has 30 heavy (non-hydrogen) atoms. The molecule has 2 aromatic rings. The number of ether oxygens (including phenoxy) is 2. The second-order valence-corrected chi connectivity index (χ2v) is 7.57. The zero-order valence-electron chi connectivity index (χ0n) is 18.2. The van der Waals surface area contributed by atoms with Crippen molar-refractivity contribution in [1.82, 2.24) is 9.80 Å². The number of rotatable bonds is 10. The SMILES string of the molecule is COc1ccc(CCCN2CCN(CCCc3ccccc3)CC2)cc1OC.Cl.Cl. The number of piperazine rings is 1. The van der Waals surface area contributed by atoms with Gasteiger partial charge in [-0.3, -0.25) is 0 Å². The molecule has 3 rings (SSSR count). The van der Waals surface area contributed by atoms with E-state index in [1.54, 1.807) is 14.2 Å². The van der Waals surface area contributed by atoms with Crippen LogP contribution in [0.1, 0.15) is 24.0 Å². The number of methoxy groups -OCH3 is 2. The van der Waals surface area contributed by atoms with Crippen LogP contribution in [0.4, 0.5) is 0 Å². The van der Waals surface area contributed by atoms with Gasteiger partial charge >= 0.3 is 0 Å². The van der Waals surface area contributed by atoms with Crippen LogP contribution < -0.4 is 9.47 Å². The van der Waals surface area contributed by atoms with Crippen molar-refractivity contribution in [2.45, 2.75) is 25.7 Å². The Labute approximate surface area is 194 Å². The monoisotopic (exact) mass is 454 g/mol. The van der Waals surface area contributed by atoms with E-state index in [1.165, 1.54) is 69.7 Å². The Balaban J connectivity index is 0.00000225. The van der Waals surface area contributed by atoms with Gasteiger partial charge in [0.2, 0.25) is 0 Å². The zero-order valence-corrected chi connectivity index (χ0v) is 19.9. The predicted octanol–water partition coefficient (Wildman–Crippen LogP) is 4.73. The smallest absolute Gasteiger partial charge is 0.160 e. The van der Waals surface area contributed by atoms with Gasteiger partial charge in [0, 0.05) is 26.2 Å². The highest BCUT2D eigenvalue weighted by Gasteiger charge is 2.16. The molecule has 0 radical (unpaired) electrons. The van der Waals surface area contributed by atoms with Crippen LogP contribution in [0.25, 0.3) is 0 Å². The van der Waals surface area contributed by atoms with E-state index in [4.69, 9.17) is 9.47 Å². The summed E-state index contributed by atoms with van der Waals surface area (Å²) in [6.45, 7) is 7.17. The molecule has 4 nitrogen and oxygen atoms in total. The molecular formula is C24H36Cl2N2O2. The lowest BCUT2D eigenvalue weighted by Gasteiger charge is -2.34. The lowest BCUT2D eigenvalue weighted by Crippen LogP contribution is -2.46. The zero-order chi connectivity index (χ0) is 19.6. The van der Waals surface area contributed by atoms with Gasteiger partial charge in [0.1, 0.15) is 0 Å². The van der Waals surface area contributed by atoms with E-state index in [0.717, 1.165) is 17.9 Å². The Morgan fingerprint density at radius 3 is 1.73 bits per heavy atom. The van der Waals surface area contributed by atoms with Crippen molar-refractivity contribution in [3.8, 4) is 11.5 Å². The van der Waals surface area contributed by atoms with Crippen LogP contribution in [-0.2, 0) is 12.8 Å². The summed E-state index contributed by atoms with van der Waals surface area (Å²) in [6, 6.07) is 17.1. The predicted molar refractivity (Wildman–Crippen MR) is 130 cm³/mol. The van der Waals surface area contributed by atoms with Gasteiger partial charge in [-0.1, -0.05) is 36.4 Å². The third-order valence-electron chi connectivity index (χ3n) is 5.64. The van der Waals surface area contributed by atoms with E-state index < -0.39 is 0 Å². The minimum absolute atomic E-state index is 0. The van der Waals surface area contributed by atoms with E-state index >= 15 is 0 Å². The van der Waals surface area contributed by atoms with Crippen molar-refractivity contribution in [2.24, 2.45) is 0 Å². The van der Waals surface area contributed by atoms with Gasteiger partial charge in [-0.05, 0) is 62.0 Å². The Morgan fingerprint density at radius 2 is 1.20 bits per heavy atom.